The van der Waals surface area contributed by atoms with Gasteiger partial charge in [0.05, 0.1) is 31.8 Å². The number of carbonyl (C=O) groups is 3. The molecular formula is C20H18Br2N2O7. The van der Waals surface area contributed by atoms with Crippen LogP contribution in [-0.2, 0) is 16.1 Å². The second kappa shape index (κ2) is 9.56. The molecule has 1 fully saturated rings. The number of imide groups is 1. The van der Waals surface area contributed by atoms with Crippen LogP contribution in [0.3, 0.4) is 0 Å². The van der Waals surface area contributed by atoms with Gasteiger partial charge in [0.15, 0.2) is 11.5 Å². The molecule has 2 heterocycles. The Labute approximate surface area is 194 Å². The standard InChI is InChI=1S/C20H18Br2N2O7/c1-4-30-17-14(28-2)8-10(15(21)16(17)22)7-12-18(25)24(20(27)23-12)9-11-5-6-13(31-11)19(26)29-3/h5-8H,4,9H2,1-3H3,(H,23,27)/b12-7-. The Bertz CT molecular complexity index is 1080. The average molecular weight is 558 g/mol. The lowest BCUT2D eigenvalue weighted by Gasteiger charge is -2.14. The molecule has 1 N–H and O–H groups in total. The van der Waals surface area contributed by atoms with Crippen molar-refractivity contribution in [2.75, 3.05) is 20.8 Å². The van der Waals surface area contributed by atoms with Gasteiger partial charge < -0.3 is 23.9 Å². The second-order valence-electron chi connectivity index (χ2n) is 6.20. The van der Waals surface area contributed by atoms with Crippen molar-refractivity contribution in [3.05, 3.63) is 49.9 Å². The van der Waals surface area contributed by atoms with E-state index >= 15 is 0 Å². The number of nitrogens with one attached hydrogen (secondary N) is 1. The first kappa shape index (κ1) is 22.9. The molecule has 9 nitrogen and oxygen atoms in total. The third-order valence-electron chi connectivity index (χ3n) is 4.29. The van der Waals surface area contributed by atoms with Gasteiger partial charge in [0, 0.05) is 4.47 Å². The quantitative estimate of drug-likeness (QED) is 0.310. The maximum Gasteiger partial charge on any atom is 0.373 e. The van der Waals surface area contributed by atoms with Gasteiger partial charge in [0.2, 0.25) is 5.76 Å². The van der Waals surface area contributed by atoms with E-state index in [4.69, 9.17) is 13.9 Å². The van der Waals surface area contributed by atoms with Gasteiger partial charge in [0.25, 0.3) is 5.91 Å². The number of methoxy groups -OCH3 is 2. The van der Waals surface area contributed by atoms with Crippen LogP contribution in [0.1, 0.15) is 28.8 Å². The summed E-state index contributed by atoms with van der Waals surface area (Å²) in [5, 5.41) is 2.54. The Kier molecular flexibility index (Phi) is 7.06. The van der Waals surface area contributed by atoms with Gasteiger partial charge in [0.1, 0.15) is 11.5 Å². The molecule has 0 spiro atoms. The minimum absolute atomic E-state index is 0.0180. The van der Waals surface area contributed by atoms with E-state index in [1.54, 1.807) is 6.07 Å². The zero-order valence-corrected chi connectivity index (χ0v) is 20.0. The predicted molar refractivity (Wildman–Crippen MR) is 117 cm³/mol. The van der Waals surface area contributed by atoms with E-state index in [-0.39, 0.29) is 23.8 Å². The highest BCUT2D eigenvalue weighted by Gasteiger charge is 2.34. The fourth-order valence-corrected chi connectivity index (χ4v) is 3.79. The number of ether oxygens (including phenoxy) is 3. The van der Waals surface area contributed by atoms with Crippen molar-refractivity contribution in [1.82, 2.24) is 10.2 Å². The summed E-state index contributed by atoms with van der Waals surface area (Å²) < 4.78 is 22.1. The Morgan fingerprint density at radius 3 is 2.61 bits per heavy atom. The van der Waals surface area contributed by atoms with Crippen molar-refractivity contribution in [3.8, 4) is 11.5 Å². The van der Waals surface area contributed by atoms with E-state index in [2.05, 4.69) is 41.9 Å². The summed E-state index contributed by atoms with van der Waals surface area (Å²) in [7, 11) is 2.73. The van der Waals surface area contributed by atoms with Crippen molar-refractivity contribution in [3.63, 3.8) is 0 Å². The average Bonchev–Trinajstić information content (AvgIpc) is 3.33. The largest absolute Gasteiger partial charge is 0.493 e. The second-order valence-corrected chi connectivity index (χ2v) is 7.78. The summed E-state index contributed by atoms with van der Waals surface area (Å²) >= 11 is 6.94. The smallest absolute Gasteiger partial charge is 0.373 e. The van der Waals surface area contributed by atoms with Crippen molar-refractivity contribution >= 4 is 55.8 Å². The fourth-order valence-electron chi connectivity index (χ4n) is 2.84. The van der Waals surface area contributed by atoms with Crippen LogP contribution in [0.2, 0.25) is 0 Å². The molecule has 2 aromatic rings. The van der Waals surface area contributed by atoms with Crippen LogP contribution in [0.25, 0.3) is 6.08 Å². The van der Waals surface area contributed by atoms with Crippen LogP contribution in [0, 0.1) is 0 Å². The molecule has 0 atom stereocenters. The zero-order valence-electron chi connectivity index (χ0n) is 16.8. The van der Waals surface area contributed by atoms with E-state index < -0.39 is 17.9 Å². The number of benzene rings is 1. The number of urea groups is 1. The minimum Gasteiger partial charge on any atom is -0.493 e. The number of rotatable bonds is 7. The number of hydrogen-bond acceptors (Lipinski definition) is 7. The third-order valence-corrected chi connectivity index (χ3v) is 6.43. The summed E-state index contributed by atoms with van der Waals surface area (Å²) in [6, 6.07) is 3.99. The fraction of sp³-hybridized carbons (Fsp3) is 0.250. The highest BCUT2D eigenvalue weighted by Crippen LogP contribution is 2.43. The molecule has 11 heteroatoms. The number of hydrogen-bond donors (Lipinski definition) is 1. The molecule has 1 aromatic heterocycles. The number of halogens is 2. The van der Waals surface area contributed by atoms with Crippen LogP contribution in [-0.4, -0.2) is 43.6 Å². The molecule has 1 aromatic carbocycles. The van der Waals surface area contributed by atoms with Crippen LogP contribution in [0.15, 0.2) is 37.3 Å². The van der Waals surface area contributed by atoms with Crippen LogP contribution in [0.4, 0.5) is 4.79 Å². The first-order chi connectivity index (χ1) is 14.8. The predicted octanol–water partition coefficient (Wildman–Crippen LogP) is 4.09. The Morgan fingerprint density at radius 2 is 1.97 bits per heavy atom. The molecule has 0 unspecified atom stereocenters. The van der Waals surface area contributed by atoms with Crippen molar-refractivity contribution in [1.29, 1.82) is 0 Å². The first-order valence-corrected chi connectivity index (χ1v) is 10.6. The van der Waals surface area contributed by atoms with Gasteiger partial charge >= 0.3 is 12.0 Å². The molecule has 0 bridgehead atoms. The van der Waals surface area contributed by atoms with E-state index in [1.807, 2.05) is 6.92 Å². The van der Waals surface area contributed by atoms with Crippen LogP contribution < -0.4 is 14.8 Å². The lowest BCUT2D eigenvalue weighted by molar-refractivity contribution is -0.123. The summed E-state index contributed by atoms with van der Waals surface area (Å²) in [5.41, 5.74) is 0.659. The molecule has 1 saturated heterocycles. The maximum absolute atomic E-state index is 12.8. The molecular weight excluding hydrogens is 540 g/mol. The zero-order chi connectivity index (χ0) is 22.7. The molecule has 31 heavy (non-hydrogen) atoms. The summed E-state index contributed by atoms with van der Waals surface area (Å²) in [6.07, 6.45) is 1.52. The number of esters is 1. The van der Waals surface area contributed by atoms with Crippen molar-refractivity contribution in [2.45, 2.75) is 13.5 Å². The molecule has 1 aliphatic heterocycles. The van der Waals surface area contributed by atoms with E-state index in [9.17, 15) is 14.4 Å². The first-order valence-electron chi connectivity index (χ1n) is 9.01. The number of amides is 3. The van der Waals surface area contributed by atoms with E-state index in [0.717, 1.165) is 4.90 Å². The van der Waals surface area contributed by atoms with Gasteiger partial charge in [-0.05, 0) is 68.6 Å². The topological polar surface area (TPSA) is 107 Å². The number of carbonyl (C=O) groups excluding carboxylic acids is 3. The lowest BCUT2D eigenvalue weighted by atomic mass is 10.1. The maximum atomic E-state index is 12.8. The highest BCUT2D eigenvalue weighted by molar-refractivity contribution is 9.13. The van der Waals surface area contributed by atoms with Crippen LogP contribution >= 0.6 is 31.9 Å². The SMILES string of the molecule is CCOc1c(OC)cc(/C=C2\NC(=O)N(Cc3ccc(C(=O)OC)o3)C2=O)c(Br)c1Br. The minimum atomic E-state index is -0.649. The van der Waals surface area contributed by atoms with Gasteiger partial charge in [-0.2, -0.15) is 0 Å². The van der Waals surface area contributed by atoms with Gasteiger partial charge in [-0.25, -0.2) is 9.59 Å². The molecule has 3 rings (SSSR count). The Morgan fingerprint density at radius 1 is 1.23 bits per heavy atom. The highest BCUT2D eigenvalue weighted by atomic mass is 79.9. The van der Waals surface area contributed by atoms with Gasteiger partial charge in [-0.1, -0.05) is 0 Å². The Balaban J connectivity index is 1.87. The van der Waals surface area contributed by atoms with E-state index in [1.165, 1.54) is 32.4 Å². The summed E-state index contributed by atoms with van der Waals surface area (Å²) in [4.78, 5) is 37.6. The van der Waals surface area contributed by atoms with Gasteiger partial charge in [-0.15, -0.1) is 0 Å². The third kappa shape index (κ3) is 4.62. The normalized spacial score (nSPS) is 14.7. The Hall–Kier alpha value is -2.79. The lowest BCUT2D eigenvalue weighted by Crippen LogP contribution is -2.30. The number of nitrogens with zero attached hydrogens (tertiary/aromatic N) is 1. The molecule has 0 aliphatic carbocycles. The van der Waals surface area contributed by atoms with E-state index in [0.29, 0.717) is 32.6 Å². The van der Waals surface area contributed by atoms with Crippen molar-refractivity contribution < 1.29 is 33.0 Å². The monoisotopic (exact) mass is 556 g/mol. The van der Waals surface area contributed by atoms with Crippen LogP contribution in [0.5, 0.6) is 11.5 Å². The molecule has 0 radical (unpaired) electrons. The number of furan rings is 1. The molecule has 3 amide bonds. The molecule has 164 valence electrons. The summed E-state index contributed by atoms with van der Waals surface area (Å²) in [6.45, 7) is 2.15. The van der Waals surface area contributed by atoms with Crippen molar-refractivity contribution in [2.24, 2.45) is 0 Å². The molecule has 1 aliphatic rings. The van der Waals surface area contributed by atoms with Gasteiger partial charge in [-0.3, -0.25) is 9.69 Å². The molecule has 0 saturated carbocycles. The summed E-state index contributed by atoms with van der Waals surface area (Å²) in [5.74, 6) is 0.0261.